The van der Waals surface area contributed by atoms with Crippen LogP contribution in [-0.4, -0.2) is 25.7 Å². The number of hydrogen-bond donors (Lipinski definition) is 2. The Morgan fingerprint density at radius 3 is 2.41 bits per heavy atom. The first kappa shape index (κ1) is 18.2. The van der Waals surface area contributed by atoms with Gasteiger partial charge in [-0.25, -0.2) is 19.0 Å². The lowest BCUT2D eigenvalue weighted by atomic mass is 10.2. The van der Waals surface area contributed by atoms with Crippen LogP contribution in [0.4, 0.5) is 10.3 Å². The molecule has 0 saturated heterocycles. The van der Waals surface area contributed by atoms with E-state index in [1.807, 2.05) is 0 Å². The smallest absolute Gasteiger partial charge is 0.287 e. The van der Waals surface area contributed by atoms with E-state index in [2.05, 4.69) is 25.9 Å². The Bertz CT molecular complexity index is 1060. The molecule has 0 aliphatic carbocycles. The van der Waals surface area contributed by atoms with E-state index >= 15 is 0 Å². The number of aryl methyl sites for hydroxylation is 3. The van der Waals surface area contributed by atoms with Crippen LogP contribution in [0.25, 0.3) is 5.69 Å². The summed E-state index contributed by atoms with van der Waals surface area (Å²) < 4.78 is 15.3. The zero-order valence-electron chi connectivity index (χ0n) is 14.9. The molecular weight excluding hydrogens is 351 g/mol. The van der Waals surface area contributed by atoms with E-state index in [0.29, 0.717) is 5.69 Å². The van der Waals surface area contributed by atoms with Crippen molar-refractivity contribution in [2.75, 3.05) is 5.43 Å². The van der Waals surface area contributed by atoms with Crippen LogP contribution in [-0.2, 0) is 0 Å². The normalized spacial score (nSPS) is 10.5. The summed E-state index contributed by atoms with van der Waals surface area (Å²) in [5.41, 5.74) is 5.89. The van der Waals surface area contributed by atoms with Crippen molar-refractivity contribution in [3.05, 3.63) is 75.2 Å². The summed E-state index contributed by atoms with van der Waals surface area (Å²) in [6.45, 7) is 5.18. The fraction of sp³-hybridized carbons (Fsp3) is 0.167. The predicted octanol–water partition coefficient (Wildman–Crippen LogP) is 1.84. The zero-order valence-corrected chi connectivity index (χ0v) is 14.9. The average Bonchev–Trinajstić information content (AvgIpc) is 2.60. The fourth-order valence-electron chi connectivity index (χ4n) is 2.53. The molecule has 9 heteroatoms. The minimum atomic E-state index is -0.784. The molecule has 2 N–H and O–H groups in total. The van der Waals surface area contributed by atoms with Crippen LogP contribution < -0.4 is 16.3 Å². The van der Waals surface area contributed by atoms with Crippen LogP contribution in [0.2, 0.25) is 0 Å². The van der Waals surface area contributed by atoms with Gasteiger partial charge in [-0.2, -0.15) is 5.10 Å². The minimum absolute atomic E-state index is 0.134. The number of aromatic nitrogens is 4. The Kier molecular flexibility index (Phi) is 4.93. The van der Waals surface area contributed by atoms with Gasteiger partial charge in [0.1, 0.15) is 11.5 Å². The second kappa shape index (κ2) is 7.32. The number of anilines is 1. The number of hydrazine groups is 1. The number of nitrogens with zero attached hydrogens (tertiary/aromatic N) is 4. The molecule has 0 fully saturated rings. The number of amides is 1. The van der Waals surface area contributed by atoms with Gasteiger partial charge in [-0.15, -0.1) is 0 Å². The van der Waals surface area contributed by atoms with Crippen molar-refractivity contribution in [3.8, 4) is 5.69 Å². The number of nitrogens with one attached hydrogen (secondary N) is 2. The molecule has 0 saturated carbocycles. The maximum atomic E-state index is 14.1. The SMILES string of the molecule is Cc1cc(C)nc(NNC(=O)c2nn(-c3ccccc3F)c(C)cc2=O)n1. The van der Waals surface area contributed by atoms with E-state index in [1.165, 1.54) is 28.9 Å². The summed E-state index contributed by atoms with van der Waals surface area (Å²) in [5, 5.41) is 4.02. The molecule has 1 aromatic carbocycles. The van der Waals surface area contributed by atoms with Crippen molar-refractivity contribution in [3.63, 3.8) is 0 Å². The van der Waals surface area contributed by atoms with Crippen molar-refractivity contribution in [1.29, 1.82) is 0 Å². The highest BCUT2D eigenvalue weighted by atomic mass is 19.1. The maximum absolute atomic E-state index is 14.1. The van der Waals surface area contributed by atoms with E-state index in [4.69, 9.17) is 0 Å². The molecule has 8 nitrogen and oxygen atoms in total. The van der Waals surface area contributed by atoms with Gasteiger partial charge in [-0.3, -0.25) is 20.4 Å². The van der Waals surface area contributed by atoms with Crippen molar-refractivity contribution in [2.24, 2.45) is 0 Å². The molecule has 0 aliphatic rings. The van der Waals surface area contributed by atoms with Gasteiger partial charge in [0.25, 0.3) is 5.91 Å². The highest BCUT2D eigenvalue weighted by molar-refractivity contribution is 5.92. The van der Waals surface area contributed by atoms with Gasteiger partial charge in [0.05, 0.1) is 0 Å². The monoisotopic (exact) mass is 368 g/mol. The first-order valence-corrected chi connectivity index (χ1v) is 8.09. The van der Waals surface area contributed by atoms with Crippen molar-refractivity contribution >= 4 is 11.9 Å². The van der Waals surface area contributed by atoms with Crippen molar-refractivity contribution in [2.45, 2.75) is 20.8 Å². The quantitative estimate of drug-likeness (QED) is 0.682. The largest absolute Gasteiger partial charge is 0.294 e. The summed E-state index contributed by atoms with van der Waals surface area (Å²) in [5.74, 6) is -1.12. The van der Waals surface area contributed by atoms with Gasteiger partial charge in [-0.1, -0.05) is 12.1 Å². The standard InChI is InChI=1S/C18H17FN6O2/c1-10-8-11(2)21-18(20-10)23-22-17(27)16-15(26)9-12(3)25(24-16)14-7-5-4-6-13(14)19/h4-9H,1-3H3,(H,22,27)(H,20,21,23). The molecule has 27 heavy (non-hydrogen) atoms. The highest BCUT2D eigenvalue weighted by Gasteiger charge is 2.17. The lowest BCUT2D eigenvalue weighted by Gasteiger charge is -2.12. The number of hydrogen-bond acceptors (Lipinski definition) is 6. The van der Waals surface area contributed by atoms with Crippen LogP contribution in [0.15, 0.2) is 41.2 Å². The first-order valence-electron chi connectivity index (χ1n) is 8.09. The first-order chi connectivity index (χ1) is 12.8. The predicted molar refractivity (Wildman–Crippen MR) is 97.1 cm³/mol. The third-order valence-corrected chi connectivity index (χ3v) is 3.67. The Labute approximate surface area is 154 Å². The Morgan fingerprint density at radius 1 is 1.07 bits per heavy atom. The molecule has 0 unspecified atom stereocenters. The molecule has 0 bridgehead atoms. The van der Waals surface area contributed by atoms with Gasteiger partial charge >= 0.3 is 0 Å². The summed E-state index contributed by atoms with van der Waals surface area (Å²) in [7, 11) is 0. The summed E-state index contributed by atoms with van der Waals surface area (Å²) in [6.07, 6.45) is 0. The molecule has 2 aromatic heterocycles. The van der Waals surface area contributed by atoms with E-state index in [1.54, 1.807) is 32.9 Å². The number of carbonyl (C=O) groups is 1. The Hall–Kier alpha value is -3.62. The van der Waals surface area contributed by atoms with Gasteiger partial charge in [0, 0.05) is 23.1 Å². The second-order valence-electron chi connectivity index (χ2n) is 5.92. The van der Waals surface area contributed by atoms with Crippen LogP contribution >= 0.6 is 0 Å². The van der Waals surface area contributed by atoms with Gasteiger partial charge < -0.3 is 0 Å². The van der Waals surface area contributed by atoms with Crippen LogP contribution in [0.5, 0.6) is 0 Å². The van der Waals surface area contributed by atoms with Crippen LogP contribution in [0.1, 0.15) is 27.6 Å². The Morgan fingerprint density at radius 2 is 1.74 bits per heavy atom. The van der Waals surface area contributed by atoms with Gasteiger partial charge in [0.15, 0.2) is 5.69 Å². The molecule has 138 valence electrons. The molecule has 1 amide bonds. The molecule has 0 spiro atoms. The molecule has 0 aliphatic heterocycles. The number of carbonyl (C=O) groups excluding carboxylic acids is 1. The third-order valence-electron chi connectivity index (χ3n) is 3.67. The molecule has 0 radical (unpaired) electrons. The fourth-order valence-corrected chi connectivity index (χ4v) is 2.53. The Balaban J connectivity index is 1.90. The molecule has 0 atom stereocenters. The zero-order chi connectivity index (χ0) is 19.6. The van der Waals surface area contributed by atoms with Gasteiger partial charge in [-0.05, 0) is 39.0 Å². The molecule has 3 aromatic rings. The summed E-state index contributed by atoms with van der Waals surface area (Å²) in [6, 6.07) is 8.95. The van der Waals surface area contributed by atoms with Crippen LogP contribution in [0, 0.1) is 26.6 Å². The van der Waals surface area contributed by atoms with E-state index in [0.717, 1.165) is 11.4 Å². The topological polar surface area (TPSA) is 102 Å². The second-order valence-corrected chi connectivity index (χ2v) is 5.92. The third kappa shape index (κ3) is 3.97. The van der Waals surface area contributed by atoms with E-state index in [-0.39, 0.29) is 17.3 Å². The highest BCUT2D eigenvalue weighted by Crippen LogP contribution is 2.13. The van der Waals surface area contributed by atoms with Crippen LogP contribution in [0.3, 0.4) is 0 Å². The van der Waals surface area contributed by atoms with E-state index in [9.17, 15) is 14.0 Å². The summed E-state index contributed by atoms with van der Waals surface area (Å²) in [4.78, 5) is 32.8. The minimum Gasteiger partial charge on any atom is -0.287 e. The maximum Gasteiger partial charge on any atom is 0.294 e. The van der Waals surface area contributed by atoms with Crippen molar-refractivity contribution < 1.29 is 9.18 Å². The number of halogens is 1. The molecular formula is C18H17FN6O2. The van der Waals surface area contributed by atoms with Gasteiger partial charge in [0.2, 0.25) is 11.4 Å². The molecule has 3 rings (SSSR count). The lowest BCUT2D eigenvalue weighted by Crippen LogP contribution is -2.36. The van der Waals surface area contributed by atoms with Crippen molar-refractivity contribution in [1.82, 2.24) is 25.2 Å². The average molecular weight is 368 g/mol. The lowest BCUT2D eigenvalue weighted by molar-refractivity contribution is 0.0954. The van der Waals surface area contributed by atoms with E-state index < -0.39 is 17.2 Å². The number of rotatable bonds is 4. The summed E-state index contributed by atoms with van der Waals surface area (Å²) >= 11 is 0. The number of benzene rings is 1. The molecule has 2 heterocycles. The number of para-hydroxylation sites is 1.